The van der Waals surface area contributed by atoms with Crippen molar-refractivity contribution < 1.29 is 4.79 Å². The fourth-order valence-electron chi connectivity index (χ4n) is 1.13. The standard InChI is InChI=1S/C10H7ClN4O2/c11-7-2-1-3-8(12-7)13-10(17)6-4-5-9(16)15-14-6/h1-5H,(H,15,16)(H,12,13,17). The Balaban J connectivity index is 2.17. The van der Waals surface area contributed by atoms with Crippen LogP contribution >= 0.6 is 11.6 Å². The van der Waals surface area contributed by atoms with Gasteiger partial charge < -0.3 is 5.32 Å². The molecule has 2 aromatic rings. The normalized spacial score (nSPS) is 9.94. The third-order valence-electron chi connectivity index (χ3n) is 1.87. The highest BCUT2D eigenvalue weighted by atomic mass is 35.5. The Hall–Kier alpha value is -2.21. The van der Waals surface area contributed by atoms with E-state index in [9.17, 15) is 9.59 Å². The van der Waals surface area contributed by atoms with E-state index in [2.05, 4.69) is 20.5 Å². The van der Waals surface area contributed by atoms with Crippen molar-refractivity contribution in [2.45, 2.75) is 0 Å². The number of aromatic nitrogens is 3. The Bertz CT molecular complexity index is 591. The largest absolute Gasteiger partial charge is 0.305 e. The number of rotatable bonds is 2. The fraction of sp³-hybridized carbons (Fsp3) is 0. The maximum absolute atomic E-state index is 11.7. The summed E-state index contributed by atoms with van der Waals surface area (Å²) in [7, 11) is 0. The molecule has 2 aromatic heterocycles. The van der Waals surface area contributed by atoms with Gasteiger partial charge in [-0.2, -0.15) is 5.10 Å². The van der Waals surface area contributed by atoms with Crippen molar-refractivity contribution in [2.75, 3.05) is 5.32 Å². The van der Waals surface area contributed by atoms with Crippen molar-refractivity contribution in [3.05, 3.63) is 51.5 Å². The van der Waals surface area contributed by atoms with E-state index >= 15 is 0 Å². The first-order valence-electron chi connectivity index (χ1n) is 4.65. The number of carbonyl (C=O) groups excluding carboxylic acids is 1. The maximum atomic E-state index is 11.7. The predicted octanol–water partition coefficient (Wildman–Crippen LogP) is 1.07. The molecule has 0 bridgehead atoms. The zero-order valence-corrected chi connectivity index (χ0v) is 9.23. The highest BCUT2D eigenvalue weighted by Crippen LogP contribution is 2.09. The van der Waals surface area contributed by atoms with Gasteiger partial charge in [-0.1, -0.05) is 17.7 Å². The van der Waals surface area contributed by atoms with Gasteiger partial charge in [0.15, 0.2) is 0 Å². The lowest BCUT2D eigenvalue weighted by Gasteiger charge is -2.02. The van der Waals surface area contributed by atoms with E-state index in [0.717, 1.165) is 0 Å². The van der Waals surface area contributed by atoms with Crippen molar-refractivity contribution in [1.82, 2.24) is 15.2 Å². The van der Waals surface area contributed by atoms with Gasteiger partial charge in [-0.3, -0.25) is 9.59 Å². The zero-order valence-electron chi connectivity index (χ0n) is 8.48. The fourth-order valence-corrected chi connectivity index (χ4v) is 1.29. The number of hydrogen-bond donors (Lipinski definition) is 2. The van der Waals surface area contributed by atoms with E-state index in [1.807, 2.05) is 0 Å². The molecular weight excluding hydrogens is 244 g/mol. The predicted molar refractivity (Wildman–Crippen MR) is 62.1 cm³/mol. The van der Waals surface area contributed by atoms with Crippen LogP contribution in [0.5, 0.6) is 0 Å². The van der Waals surface area contributed by atoms with Gasteiger partial charge in [-0.05, 0) is 18.2 Å². The topological polar surface area (TPSA) is 87.7 Å². The summed E-state index contributed by atoms with van der Waals surface area (Å²) in [5, 5.41) is 8.53. The molecule has 7 heteroatoms. The molecule has 0 aliphatic rings. The second kappa shape index (κ2) is 4.75. The molecule has 0 spiro atoms. The molecule has 0 atom stereocenters. The van der Waals surface area contributed by atoms with Gasteiger partial charge in [-0.25, -0.2) is 10.1 Å². The van der Waals surface area contributed by atoms with Crippen LogP contribution in [0.25, 0.3) is 0 Å². The zero-order chi connectivity index (χ0) is 12.3. The highest BCUT2D eigenvalue weighted by molar-refractivity contribution is 6.29. The van der Waals surface area contributed by atoms with Crippen molar-refractivity contribution in [1.29, 1.82) is 0 Å². The molecule has 0 saturated heterocycles. The smallest absolute Gasteiger partial charge is 0.277 e. The summed E-state index contributed by atoms with van der Waals surface area (Å²) in [6.07, 6.45) is 0. The molecule has 0 radical (unpaired) electrons. The summed E-state index contributed by atoms with van der Waals surface area (Å²) in [4.78, 5) is 26.3. The number of carbonyl (C=O) groups is 1. The quantitative estimate of drug-likeness (QED) is 0.781. The molecule has 1 amide bonds. The lowest BCUT2D eigenvalue weighted by molar-refractivity contribution is 0.102. The number of halogens is 1. The Morgan fingerprint density at radius 3 is 2.76 bits per heavy atom. The first-order chi connectivity index (χ1) is 8.15. The molecule has 2 N–H and O–H groups in total. The van der Waals surface area contributed by atoms with Crippen molar-refractivity contribution in [3.8, 4) is 0 Å². The minimum absolute atomic E-state index is 0.0892. The van der Waals surface area contributed by atoms with Crippen LogP contribution < -0.4 is 10.9 Å². The number of nitrogens with zero attached hydrogens (tertiary/aromatic N) is 2. The summed E-state index contributed by atoms with van der Waals surface area (Å²) >= 11 is 5.67. The lowest BCUT2D eigenvalue weighted by atomic mass is 10.3. The summed E-state index contributed by atoms with van der Waals surface area (Å²) in [5.41, 5.74) is -0.284. The Morgan fingerprint density at radius 2 is 2.12 bits per heavy atom. The van der Waals surface area contributed by atoms with Crippen LogP contribution in [0.2, 0.25) is 5.15 Å². The molecule has 0 aliphatic heterocycles. The average Bonchev–Trinajstić information content (AvgIpc) is 2.29. The molecule has 0 aromatic carbocycles. The van der Waals surface area contributed by atoms with E-state index in [1.165, 1.54) is 12.1 Å². The summed E-state index contributed by atoms with van der Waals surface area (Å²) in [6.45, 7) is 0. The molecule has 6 nitrogen and oxygen atoms in total. The molecule has 86 valence electrons. The van der Waals surface area contributed by atoms with E-state index in [-0.39, 0.29) is 16.4 Å². The third kappa shape index (κ3) is 2.88. The third-order valence-corrected chi connectivity index (χ3v) is 2.08. The average molecular weight is 251 g/mol. The second-order valence-electron chi connectivity index (χ2n) is 3.11. The number of pyridine rings is 1. The van der Waals surface area contributed by atoms with Crippen LogP contribution in [-0.2, 0) is 0 Å². The Morgan fingerprint density at radius 1 is 1.29 bits per heavy atom. The van der Waals surface area contributed by atoms with Gasteiger partial charge in [0.2, 0.25) is 0 Å². The molecular formula is C10H7ClN4O2. The summed E-state index contributed by atoms with van der Waals surface area (Å²) in [6, 6.07) is 7.38. The van der Waals surface area contributed by atoms with Gasteiger partial charge in [0.25, 0.3) is 11.5 Å². The van der Waals surface area contributed by atoms with Crippen molar-refractivity contribution >= 4 is 23.3 Å². The van der Waals surface area contributed by atoms with Gasteiger partial charge in [0.1, 0.15) is 16.7 Å². The van der Waals surface area contributed by atoms with Crippen LogP contribution in [-0.4, -0.2) is 21.1 Å². The molecule has 0 fully saturated rings. The van der Waals surface area contributed by atoms with E-state index < -0.39 is 5.91 Å². The SMILES string of the molecule is O=C(Nc1cccc(Cl)n1)c1ccc(=O)[nH]n1. The lowest BCUT2D eigenvalue weighted by Crippen LogP contribution is -2.18. The number of anilines is 1. The minimum atomic E-state index is -0.476. The van der Waals surface area contributed by atoms with E-state index in [4.69, 9.17) is 11.6 Å². The van der Waals surface area contributed by atoms with Crippen LogP contribution in [0.1, 0.15) is 10.5 Å². The number of nitrogens with one attached hydrogen (secondary N) is 2. The maximum Gasteiger partial charge on any atom is 0.277 e. The summed E-state index contributed by atoms with van der Waals surface area (Å²) < 4.78 is 0. The highest BCUT2D eigenvalue weighted by Gasteiger charge is 2.08. The molecule has 0 unspecified atom stereocenters. The molecule has 2 rings (SSSR count). The minimum Gasteiger partial charge on any atom is -0.305 e. The first kappa shape index (κ1) is 11.3. The number of H-pyrrole nitrogens is 1. The molecule has 2 heterocycles. The van der Waals surface area contributed by atoms with Crippen molar-refractivity contribution in [2.24, 2.45) is 0 Å². The molecule has 17 heavy (non-hydrogen) atoms. The first-order valence-corrected chi connectivity index (χ1v) is 5.02. The molecule has 0 aliphatic carbocycles. The monoisotopic (exact) mass is 250 g/mol. The Kier molecular flexibility index (Phi) is 3.15. The van der Waals surface area contributed by atoms with Gasteiger partial charge in [-0.15, -0.1) is 0 Å². The van der Waals surface area contributed by atoms with E-state index in [1.54, 1.807) is 18.2 Å². The van der Waals surface area contributed by atoms with Crippen LogP contribution in [0, 0.1) is 0 Å². The summed E-state index contributed by atoms with van der Waals surface area (Å²) in [5.74, 6) is -0.161. The van der Waals surface area contributed by atoms with Crippen LogP contribution in [0.3, 0.4) is 0 Å². The van der Waals surface area contributed by atoms with E-state index in [0.29, 0.717) is 5.82 Å². The molecule has 0 saturated carbocycles. The van der Waals surface area contributed by atoms with Gasteiger partial charge >= 0.3 is 0 Å². The number of amides is 1. The number of aromatic amines is 1. The number of hydrogen-bond acceptors (Lipinski definition) is 4. The van der Waals surface area contributed by atoms with Gasteiger partial charge in [0, 0.05) is 6.07 Å². The Labute approximate surface area is 101 Å². The van der Waals surface area contributed by atoms with Crippen molar-refractivity contribution in [3.63, 3.8) is 0 Å². The van der Waals surface area contributed by atoms with Gasteiger partial charge in [0.05, 0.1) is 0 Å². The van der Waals surface area contributed by atoms with Crippen LogP contribution in [0.4, 0.5) is 5.82 Å². The van der Waals surface area contributed by atoms with Crippen LogP contribution in [0.15, 0.2) is 35.1 Å². The second-order valence-corrected chi connectivity index (χ2v) is 3.49.